The van der Waals surface area contributed by atoms with Gasteiger partial charge < -0.3 is 0 Å². The van der Waals surface area contributed by atoms with Gasteiger partial charge in [0.1, 0.15) is 0 Å². The second-order valence-electron chi connectivity index (χ2n) is 4.05. The van der Waals surface area contributed by atoms with Crippen molar-refractivity contribution in [2.75, 3.05) is 0 Å². The van der Waals surface area contributed by atoms with Gasteiger partial charge in [-0.3, -0.25) is 4.68 Å². The van der Waals surface area contributed by atoms with Crippen LogP contribution >= 0.6 is 15.9 Å². The number of hydrogen-bond acceptors (Lipinski definition) is 1. The van der Waals surface area contributed by atoms with Crippen LogP contribution in [0.25, 0.3) is 22.0 Å². The first kappa shape index (κ1) is 10.5. The lowest BCUT2D eigenvalue weighted by Crippen LogP contribution is -1.88. The van der Waals surface area contributed by atoms with Crippen molar-refractivity contribution in [2.24, 2.45) is 7.05 Å². The zero-order valence-corrected chi connectivity index (χ0v) is 11.0. The van der Waals surface area contributed by atoms with Gasteiger partial charge in [0, 0.05) is 16.9 Å². The molecule has 0 aliphatic rings. The number of rotatable bonds is 1. The average molecular weight is 287 g/mol. The van der Waals surface area contributed by atoms with Crippen LogP contribution in [-0.4, -0.2) is 9.78 Å². The molecule has 3 rings (SSSR count). The van der Waals surface area contributed by atoms with Crippen molar-refractivity contribution in [3.8, 4) is 11.1 Å². The molecule has 2 aromatic carbocycles. The van der Waals surface area contributed by atoms with E-state index in [1.165, 1.54) is 16.5 Å². The highest BCUT2D eigenvalue weighted by Gasteiger charge is 2.02. The molecule has 1 aromatic heterocycles. The highest BCUT2D eigenvalue weighted by Crippen LogP contribution is 2.25. The van der Waals surface area contributed by atoms with Crippen molar-refractivity contribution in [1.29, 1.82) is 0 Å². The number of halogens is 1. The van der Waals surface area contributed by atoms with Gasteiger partial charge in [-0.15, -0.1) is 0 Å². The van der Waals surface area contributed by atoms with Crippen molar-refractivity contribution in [2.45, 2.75) is 0 Å². The molecule has 0 aliphatic carbocycles. The number of hydrogen-bond donors (Lipinski definition) is 0. The number of benzene rings is 2. The van der Waals surface area contributed by atoms with E-state index >= 15 is 0 Å². The van der Waals surface area contributed by atoms with E-state index in [4.69, 9.17) is 0 Å². The fraction of sp³-hybridized carbons (Fsp3) is 0.0714. The Kier molecular flexibility index (Phi) is 2.48. The molecule has 0 N–H and O–H groups in total. The van der Waals surface area contributed by atoms with Crippen LogP contribution in [0, 0.1) is 0 Å². The molecule has 0 amide bonds. The first-order valence-electron chi connectivity index (χ1n) is 5.42. The SMILES string of the molecule is Cn1ncc2ccc(-c3ccc(Br)cc3)cc21. The molecule has 3 aromatic rings. The molecule has 0 aliphatic heterocycles. The molecule has 0 bridgehead atoms. The summed E-state index contributed by atoms with van der Waals surface area (Å²) in [5.41, 5.74) is 3.59. The maximum atomic E-state index is 4.25. The normalized spacial score (nSPS) is 10.9. The highest BCUT2D eigenvalue weighted by molar-refractivity contribution is 9.10. The van der Waals surface area contributed by atoms with Crippen molar-refractivity contribution in [3.63, 3.8) is 0 Å². The summed E-state index contributed by atoms with van der Waals surface area (Å²) < 4.78 is 3.00. The summed E-state index contributed by atoms with van der Waals surface area (Å²) in [6.45, 7) is 0. The smallest absolute Gasteiger partial charge is 0.0685 e. The Hall–Kier alpha value is -1.61. The summed E-state index contributed by atoms with van der Waals surface area (Å²) in [6.07, 6.45) is 1.89. The molecule has 2 nitrogen and oxygen atoms in total. The fourth-order valence-electron chi connectivity index (χ4n) is 1.97. The topological polar surface area (TPSA) is 17.8 Å². The van der Waals surface area contributed by atoms with E-state index in [1.54, 1.807) is 0 Å². The molecule has 0 spiro atoms. The predicted molar refractivity (Wildman–Crippen MR) is 73.9 cm³/mol. The molecule has 3 heteroatoms. The Morgan fingerprint density at radius 1 is 1.00 bits per heavy atom. The van der Waals surface area contributed by atoms with E-state index in [9.17, 15) is 0 Å². The Morgan fingerprint density at radius 2 is 1.71 bits per heavy atom. The van der Waals surface area contributed by atoms with Crippen molar-refractivity contribution < 1.29 is 0 Å². The highest BCUT2D eigenvalue weighted by atomic mass is 79.9. The second-order valence-corrected chi connectivity index (χ2v) is 4.96. The van der Waals surface area contributed by atoms with Gasteiger partial charge in [-0.25, -0.2) is 0 Å². The van der Waals surface area contributed by atoms with Gasteiger partial charge in [0.2, 0.25) is 0 Å². The minimum Gasteiger partial charge on any atom is -0.268 e. The number of aryl methyl sites for hydroxylation is 1. The van der Waals surface area contributed by atoms with Gasteiger partial charge in [0.25, 0.3) is 0 Å². The molecule has 0 saturated heterocycles. The van der Waals surface area contributed by atoms with E-state index in [0.29, 0.717) is 0 Å². The molecule has 1 heterocycles. The molecule has 17 heavy (non-hydrogen) atoms. The molecular formula is C14H11BrN2. The van der Waals surface area contributed by atoms with Crippen molar-refractivity contribution in [3.05, 3.63) is 53.1 Å². The zero-order chi connectivity index (χ0) is 11.8. The summed E-state index contributed by atoms with van der Waals surface area (Å²) in [7, 11) is 1.97. The quantitative estimate of drug-likeness (QED) is 0.661. The van der Waals surface area contributed by atoms with Crippen LogP contribution in [0.15, 0.2) is 53.1 Å². The van der Waals surface area contributed by atoms with Crippen LogP contribution in [0.5, 0.6) is 0 Å². The van der Waals surface area contributed by atoms with Gasteiger partial charge in [-0.1, -0.05) is 40.2 Å². The first-order valence-corrected chi connectivity index (χ1v) is 6.21. The van der Waals surface area contributed by atoms with Crippen LogP contribution in [0.1, 0.15) is 0 Å². The maximum Gasteiger partial charge on any atom is 0.0685 e. The van der Waals surface area contributed by atoms with E-state index in [1.807, 2.05) is 17.9 Å². The minimum atomic E-state index is 1.10. The third kappa shape index (κ3) is 1.87. The summed E-state index contributed by atoms with van der Waals surface area (Å²) in [5.74, 6) is 0. The third-order valence-electron chi connectivity index (χ3n) is 2.93. The molecule has 0 radical (unpaired) electrons. The Bertz CT molecular complexity index is 668. The molecule has 0 atom stereocenters. The lowest BCUT2D eigenvalue weighted by atomic mass is 10.0. The van der Waals surface area contributed by atoms with Crippen LogP contribution in [0.4, 0.5) is 0 Å². The van der Waals surface area contributed by atoms with E-state index in [-0.39, 0.29) is 0 Å². The van der Waals surface area contributed by atoms with Gasteiger partial charge in [-0.2, -0.15) is 5.10 Å². The lowest BCUT2D eigenvalue weighted by molar-refractivity contribution is 0.797. The van der Waals surface area contributed by atoms with E-state index in [2.05, 4.69) is 63.5 Å². The molecule has 0 fully saturated rings. The van der Waals surface area contributed by atoms with Gasteiger partial charge in [0.15, 0.2) is 0 Å². The molecule has 84 valence electrons. The third-order valence-corrected chi connectivity index (χ3v) is 3.46. The number of fused-ring (bicyclic) bond motifs is 1. The number of nitrogens with zero attached hydrogens (tertiary/aromatic N) is 2. The average Bonchev–Trinajstić information content (AvgIpc) is 2.72. The standard InChI is InChI=1S/C14H11BrN2/c1-17-14-8-11(2-3-12(14)9-16-17)10-4-6-13(15)7-5-10/h2-9H,1H3. The number of aromatic nitrogens is 2. The maximum absolute atomic E-state index is 4.25. The fourth-order valence-corrected chi connectivity index (χ4v) is 2.23. The van der Waals surface area contributed by atoms with Crippen LogP contribution in [0.3, 0.4) is 0 Å². The summed E-state index contributed by atoms with van der Waals surface area (Å²) in [4.78, 5) is 0. The van der Waals surface area contributed by atoms with Crippen LogP contribution in [0.2, 0.25) is 0 Å². The summed E-state index contributed by atoms with van der Waals surface area (Å²) in [6, 6.07) is 14.8. The summed E-state index contributed by atoms with van der Waals surface area (Å²) >= 11 is 3.45. The largest absolute Gasteiger partial charge is 0.268 e. The minimum absolute atomic E-state index is 1.10. The lowest BCUT2D eigenvalue weighted by Gasteiger charge is -2.03. The summed E-state index contributed by atoms with van der Waals surface area (Å²) in [5, 5.41) is 5.43. The van der Waals surface area contributed by atoms with Crippen LogP contribution in [-0.2, 0) is 7.05 Å². The van der Waals surface area contributed by atoms with Gasteiger partial charge in [0.05, 0.1) is 11.7 Å². The van der Waals surface area contributed by atoms with Crippen molar-refractivity contribution in [1.82, 2.24) is 9.78 Å². The predicted octanol–water partition coefficient (Wildman–Crippen LogP) is 4.00. The van der Waals surface area contributed by atoms with Crippen LogP contribution < -0.4 is 0 Å². The Labute approximate surface area is 108 Å². The zero-order valence-electron chi connectivity index (χ0n) is 9.39. The van der Waals surface area contributed by atoms with Gasteiger partial charge >= 0.3 is 0 Å². The molecular weight excluding hydrogens is 276 g/mol. The van der Waals surface area contributed by atoms with E-state index in [0.717, 1.165) is 9.99 Å². The first-order chi connectivity index (χ1) is 8.24. The van der Waals surface area contributed by atoms with Crippen molar-refractivity contribution >= 4 is 26.8 Å². The Balaban J connectivity index is 2.17. The second kappa shape index (κ2) is 4.00. The monoisotopic (exact) mass is 286 g/mol. The molecule has 0 unspecified atom stereocenters. The molecule has 0 saturated carbocycles. The van der Waals surface area contributed by atoms with Gasteiger partial charge in [-0.05, 0) is 29.3 Å². The van der Waals surface area contributed by atoms with E-state index < -0.39 is 0 Å². The Morgan fingerprint density at radius 3 is 2.47 bits per heavy atom.